The molecule has 0 amide bonds. The molecule has 35 heavy (non-hydrogen) atoms. The van der Waals surface area contributed by atoms with E-state index in [-0.39, 0.29) is 5.95 Å². The topological polar surface area (TPSA) is 99.0 Å². The molecule has 8 nitrogen and oxygen atoms in total. The fourth-order valence-electron chi connectivity index (χ4n) is 4.47. The van der Waals surface area contributed by atoms with Gasteiger partial charge in [0.15, 0.2) is 5.82 Å². The first-order valence-electron chi connectivity index (χ1n) is 11.4. The van der Waals surface area contributed by atoms with Gasteiger partial charge in [0.1, 0.15) is 0 Å². The molecule has 6 aromatic rings. The van der Waals surface area contributed by atoms with Crippen LogP contribution in [-0.4, -0.2) is 29.4 Å². The van der Waals surface area contributed by atoms with Gasteiger partial charge < -0.3 is 11.1 Å². The molecule has 3 N–H and O–H groups in total. The zero-order chi connectivity index (χ0) is 23.9. The summed E-state index contributed by atoms with van der Waals surface area (Å²) in [6.07, 6.45) is 3.69. The lowest BCUT2D eigenvalue weighted by molar-refractivity contribution is 0.712. The van der Waals surface area contributed by atoms with E-state index in [0.29, 0.717) is 18.0 Å². The van der Waals surface area contributed by atoms with Gasteiger partial charge in [0.2, 0.25) is 11.6 Å². The summed E-state index contributed by atoms with van der Waals surface area (Å²) in [5.41, 5.74) is 13.8. The van der Waals surface area contributed by atoms with Crippen LogP contribution in [0.1, 0.15) is 16.7 Å². The van der Waals surface area contributed by atoms with Gasteiger partial charge in [0, 0.05) is 16.6 Å². The second-order valence-corrected chi connectivity index (χ2v) is 8.76. The van der Waals surface area contributed by atoms with Crippen molar-refractivity contribution in [1.82, 2.24) is 29.4 Å². The van der Waals surface area contributed by atoms with Crippen LogP contribution in [0.25, 0.3) is 27.8 Å². The molecule has 3 heterocycles. The Bertz CT molecular complexity index is 1660. The highest BCUT2D eigenvalue weighted by atomic mass is 15.3. The van der Waals surface area contributed by atoms with Crippen molar-refractivity contribution in [3.8, 4) is 11.3 Å². The predicted octanol–water partition coefficient (Wildman–Crippen LogP) is 5.13. The van der Waals surface area contributed by atoms with Crippen LogP contribution in [-0.2, 0) is 6.54 Å². The maximum atomic E-state index is 6.02. The number of anilines is 3. The molecule has 172 valence electrons. The average Bonchev–Trinajstić information content (AvgIpc) is 3.42. The minimum absolute atomic E-state index is 0.193. The third-order valence-corrected chi connectivity index (χ3v) is 5.98. The molecule has 0 bridgehead atoms. The summed E-state index contributed by atoms with van der Waals surface area (Å²) in [4.78, 5) is 9.15. The van der Waals surface area contributed by atoms with E-state index in [9.17, 15) is 0 Å². The van der Waals surface area contributed by atoms with E-state index in [1.165, 1.54) is 16.7 Å². The molecule has 0 saturated carbocycles. The summed E-state index contributed by atoms with van der Waals surface area (Å²) in [5.74, 6) is 0.788. The molecular formula is C27H24N8. The molecule has 0 aliphatic rings. The number of benzene rings is 3. The normalized spacial score (nSPS) is 11.4. The van der Waals surface area contributed by atoms with E-state index in [1.54, 1.807) is 10.7 Å². The summed E-state index contributed by atoms with van der Waals surface area (Å²) in [6, 6.07) is 22.8. The van der Waals surface area contributed by atoms with Gasteiger partial charge in [-0.1, -0.05) is 48.5 Å². The first-order chi connectivity index (χ1) is 17.0. The predicted molar refractivity (Wildman–Crippen MR) is 139 cm³/mol. The van der Waals surface area contributed by atoms with Crippen molar-refractivity contribution < 1.29 is 0 Å². The van der Waals surface area contributed by atoms with Crippen molar-refractivity contribution in [2.75, 3.05) is 11.1 Å². The molecule has 3 aromatic carbocycles. The fraction of sp³-hybridized carbons (Fsp3) is 0.111. The highest BCUT2D eigenvalue weighted by molar-refractivity contribution is 5.85. The van der Waals surface area contributed by atoms with Crippen molar-refractivity contribution in [2.45, 2.75) is 20.4 Å². The Labute approximate surface area is 202 Å². The minimum atomic E-state index is 0.193. The monoisotopic (exact) mass is 460 g/mol. The van der Waals surface area contributed by atoms with Gasteiger partial charge in [-0.25, -0.2) is 9.50 Å². The zero-order valence-electron chi connectivity index (χ0n) is 19.5. The molecule has 3 aromatic heterocycles. The molecule has 6 rings (SSSR count). The molecule has 8 heteroatoms. The number of nitrogen functional groups attached to an aromatic ring is 1. The quantitative estimate of drug-likeness (QED) is 0.370. The Morgan fingerprint density at radius 3 is 2.51 bits per heavy atom. The molecule has 0 saturated heterocycles. The number of nitrogens with zero attached hydrogens (tertiary/aromatic N) is 6. The largest absolute Gasteiger partial charge is 0.366 e. The van der Waals surface area contributed by atoms with Crippen LogP contribution in [0.5, 0.6) is 0 Å². The highest BCUT2D eigenvalue weighted by Crippen LogP contribution is 2.28. The standard InChI is InChI=1S/C27H24N8/c1-17-10-18(2)12-22(11-17)31-25-26-32-27(28)33-35(26)24(15-29-25)20-8-9-21-14-30-34(23(21)13-20)16-19-6-4-3-5-7-19/h3-15H,16H2,1-2H3,(H2,28,33)(H,29,31). The Hall–Kier alpha value is -4.72. The second-order valence-electron chi connectivity index (χ2n) is 8.76. The van der Waals surface area contributed by atoms with Gasteiger partial charge in [-0.2, -0.15) is 10.1 Å². The Morgan fingerprint density at radius 1 is 0.914 bits per heavy atom. The fourth-order valence-corrected chi connectivity index (χ4v) is 4.47. The third-order valence-electron chi connectivity index (χ3n) is 5.98. The van der Waals surface area contributed by atoms with Gasteiger partial charge in [-0.3, -0.25) is 4.68 Å². The number of fused-ring (bicyclic) bond motifs is 2. The van der Waals surface area contributed by atoms with Crippen LogP contribution >= 0.6 is 0 Å². The number of nitrogens with two attached hydrogens (primary N) is 1. The SMILES string of the molecule is Cc1cc(C)cc(Nc2ncc(-c3ccc4cnn(Cc5ccccc5)c4c3)n3nc(N)nc23)c1. The van der Waals surface area contributed by atoms with Crippen LogP contribution in [0.3, 0.4) is 0 Å². The number of aryl methyl sites for hydroxylation is 2. The number of hydrogen-bond acceptors (Lipinski definition) is 6. The van der Waals surface area contributed by atoms with Crippen molar-refractivity contribution >= 4 is 34.0 Å². The van der Waals surface area contributed by atoms with Gasteiger partial charge in [0.05, 0.1) is 30.1 Å². The van der Waals surface area contributed by atoms with Gasteiger partial charge in [-0.15, -0.1) is 5.10 Å². The maximum Gasteiger partial charge on any atom is 0.240 e. The van der Waals surface area contributed by atoms with Crippen LogP contribution in [0.2, 0.25) is 0 Å². The van der Waals surface area contributed by atoms with Gasteiger partial charge in [0.25, 0.3) is 0 Å². The van der Waals surface area contributed by atoms with E-state index in [4.69, 9.17) is 10.7 Å². The van der Waals surface area contributed by atoms with Crippen molar-refractivity contribution in [2.24, 2.45) is 0 Å². The van der Waals surface area contributed by atoms with E-state index in [2.05, 4.69) is 76.8 Å². The molecule has 0 aliphatic heterocycles. The molecule has 0 unspecified atom stereocenters. The summed E-state index contributed by atoms with van der Waals surface area (Å²) in [6.45, 7) is 4.83. The van der Waals surface area contributed by atoms with Crippen LogP contribution in [0.4, 0.5) is 17.5 Å². The molecular weight excluding hydrogens is 436 g/mol. The van der Waals surface area contributed by atoms with E-state index < -0.39 is 0 Å². The van der Waals surface area contributed by atoms with Crippen LogP contribution < -0.4 is 11.1 Å². The molecule has 0 atom stereocenters. The van der Waals surface area contributed by atoms with Gasteiger partial charge in [-0.05, 0) is 48.7 Å². The first-order valence-corrected chi connectivity index (χ1v) is 11.4. The smallest absolute Gasteiger partial charge is 0.240 e. The Morgan fingerprint density at radius 2 is 1.71 bits per heavy atom. The summed E-state index contributed by atoms with van der Waals surface area (Å²) in [7, 11) is 0. The maximum absolute atomic E-state index is 6.02. The van der Waals surface area contributed by atoms with Crippen molar-refractivity contribution in [1.29, 1.82) is 0 Å². The molecule has 0 fully saturated rings. The minimum Gasteiger partial charge on any atom is -0.366 e. The number of aromatic nitrogens is 6. The molecule has 0 spiro atoms. The summed E-state index contributed by atoms with van der Waals surface area (Å²) in [5, 5.41) is 13.5. The number of nitrogens with one attached hydrogen (secondary N) is 1. The van der Waals surface area contributed by atoms with Gasteiger partial charge >= 0.3 is 0 Å². The van der Waals surface area contributed by atoms with E-state index in [1.807, 2.05) is 35.1 Å². The lowest BCUT2D eigenvalue weighted by Crippen LogP contribution is -2.03. The van der Waals surface area contributed by atoms with Crippen LogP contribution in [0.15, 0.2) is 79.1 Å². The average molecular weight is 461 g/mol. The number of rotatable bonds is 5. The lowest BCUT2D eigenvalue weighted by Gasteiger charge is -2.11. The third kappa shape index (κ3) is 3.95. The lowest BCUT2D eigenvalue weighted by atomic mass is 10.1. The van der Waals surface area contributed by atoms with Crippen LogP contribution in [0, 0.1) is 13.8 Å². The zero-order valence-corrected chi connectivity index (χ0v) is 19.5. The Kier molecular flexibility index (Phi) is 4.92. The summed E-state index contributed by atoms with van der Waals surface area (Å²) >= 11 is 0. The number of hydrogen-bond donors (Lipinski definition) is 2. The van der Waals surface area contributed by atoms with E-state index >= 15 is 0 Å². The second kappa shape index (κ2) is 8.25. The molecule has 0 aliphatic carbocycles. The van der Waals surface area contributed by atoms with E-state index in [0.717, 1.165) is 27.8 Å². The van der Waals surface area contributed by atoms with Crippen molar-refractivity contribution in [3.05, 3.63) is 95.8 Å². The highest BCUT2D eigenvalue weighted by Gasteiger charge is 2.15. The van der Waals surface area contributed by atoms with Crippen molar-refractivity contribution in [3.63, 3.8) is 0 Å². The summed E-state index contributed by atoms with van der Waals surface area (Å²) < 4.78 is 3.75. The molecule has 0 radical (unpaired) electrons. The Balaban J connectivity index is 1.42. The first kappa shape index (κ1) is 20.9.